The Balaban J connectivity index is 1.67. The molecule has 0 fully saturated rings. The van der Waals surface area contributed by atoms with Crippen molar-refractivity contribution in [3.05, 3.63) is 94.5 Å². The quantitative estimate of drug-likeness (QED) is 0.381. The van der Waals surface area contributed by atoms with E-state index in [2.05, 4.69) is 55.5 Å². The number of carbonyl (C=O) groups is 1. The number of hydrogen-bond donors (Lipinski definition) is 1. The smallest absolute Gasteiger partial charge is 0.216 e. The van der Waals surface area contributed by atoms with E-state index in [4.69, 9.17) is 10.7 Å². The van der Waals surface area contributed by atoms with E-state index in [1.807, 2.05) is 24.3 Å². The Bertz CT molecular complexity index is 1310. The summed E-state index contributed by atoms with van der Waals surface area (Å²) in [4.78, 5) is 17.8. The Morgan fingerprint density at radius 2 is 1.67 bits per heavy atom. The zero-order valence-electron chi connectivity index (χ0n) is 18.9. The second kappa shape index (κ2) is 7.60. The van der Waals surface area contributed by atoms with E-state index < -0.39 is 5.54 Å². The summed E-state index contributed by atoms with van der Waals surface area (Å²) in [7, 11) is 1.63. The number of nitriles is 1. The van der Waals surface area contributed by atoms with Gasteiger partial charge < -0.3 is 5.73 Å². The maximum Gasteiger partial charge on any atom is 0.216 e. The molecule has 5 nitrogen and oxygen atoms in total. The van der Waals surface area contributed by atoms with E-state index in [0.717, 1.165) is 36.0 Å². The van der Waals surface area contributed by atoms with E-state index >= 15 is 0 Å². The largest absolute Gasteiger partial charge is 0.369 e. The first kappa shape index (κ1) is 21.0. The number of nitrogens with two attached hydrogens (primary N) is 1. The van der Waals surface area contributed by atoms with Crippen LogP contribution in [-0.4, -0.2) is 24.3 Å². The molecule has 0 bridgehead atoms. The number of benzene rings is 3. The lowest BCUT2D eigenvalue weighted by Gasteiger charge is -2.39. The van der Waals surface area contributed by atoms with Gasteiger partial charge in [0.25, 0.3) is 0 Å². The maximum atomic E-state index is 11.4. The van der Waals surface area contributed by atoms with Gasteiger partial charge in [-0.2, -0.15) is 5.26 Å². The Morgan fingerprint density at radius 3 is 2.33 bits per heavy atom. The SMILES string of the molecule is CN(C=O)/C(N)=N\C1(C)c2cc(-c3cccc(C#N)c3)ccc2CC12Cc1ccccc1C2. The molecule has 33 heavy (non-hydrogen) atoms. The van der Waals surface area contributed by atoms with Crippen molar-refractivity contribution in [3.63, 3.8) is 0 Å². The highest BCUT2D eigenvalue weighted by Gasteiger charge is 2.57. The Morgan fingerprint density at radius 1 is 1.00 bits per heavy atom. The summed E-state index contributed by atoms with van der Waals surface area (Å²) in [5, 5.41) is 9.33. The van der Waals surface area contributed by atoms with Crippen LogP contribution in [0.15, 0.2) is 71.7 Å². The lowest BCUT2D eigenvalue weighted by molar-refractivity contribution is -0.114. The van der Waals surface area contributed by atoms with Gasteiger partial charge in [-0.25, -0.2) is 4.99 Å². The number of hydrogen-bond acceptors (Lipinski definition) is 3. The number of amides is 1. The molecule has 2 aliphatic carbocycles. The Labute approximate surface area is 194 Å². The van der Waals surface area contributed by atoms with Crippen molar-refractivity contribution in [2.75, 3.05) is 7.05 Å². The normalized spacial score (nSPS) is 20.2. The van der Waals surface area contributed by atoms with Gasteiger partial charge >= 0.3 is 0 Å². The minimum atomic E-state index is -0.606. The summed E-state index contributed by atoms with van der Waals surface area (Å²) in [5.74, 6) is 0.215. The van der Waals surface area contributed by atoms with E-state index in [9.17, 15) is 10.1 Å². The third-order valence-corrected chi connectivity index (χ3v) is 7.55. The average Bonchev–Trinajstić information content (AvgIpc) is 3.33. The fraction of sp³-hybridized carbons (Fsp3) is 0.250. The monoisotopic (exact) mass is 434 g/mol. The lowest BCUT2D eigenvalue weighted by Crippen LogP contribution is -2.44. The van der Waals surface area contributed by atoms with Crippen LogP contribution in [0.3, 0.4) is 0 Å². The van der Waals surface area contributed by atoms with Crippen molar-refractivity contribution in [1.82, 2.24) is 4.90 Å². The first-order valence-corrected chi connectivity index (χ1v) is 11.1. The highest BCUT2D eigenvalue weighted by molar-refractivity contribution is 5.87. The Kier molecular flexibility index (Phi) is 4.83. The summed E-state index contributed by atoms with van der Waals surface area (Å²) < 4.78 is 0. The molecule has 0 aliphatic heterocycles. The molecule has 0 saturated heterocycles. The van der Waals surface area contributed by atoms with Crippen LogP contribution >= 0.6 is 0 Å². The summed E-state index contributed by atoms with van der Waals surface area (Å²) >= 11 is 0. The van der Waals surface area contributed by atoms with Crippen LogP contribution < -0.4 is 5.73 Å². The number of rotatable bonds is 3. The molecule has 5 rings (SSSR count). The molecule has 1 amide bonds. The molecular weight excluding hydrogens is 408 g/mol. The molecule has 0 radical (unpaired) electrons. The number of aliphatic imine (C=N–C) groups is 1. The van der Waals surface area contributed by atoms with E-state index in [1.165, 1.54) is 21.6 Å². The molecule has 2 aliphatic rings. The topological polar surface area (TPSA) is 82.5 Å². The van der Waals surface area contributed by atoms with Gasteiger partial charge in [0.15, 0.2) is 5.96 Å². The van der Waals surface area contributed by atoms with Crippen molar-refractivity contribution >= 4 is 12.4 Å². The van der Waals surface area contributed by atoms with Crippen LogP contribution in [-0.2, 0) is 29.6 Å². The third-order valence-electron chi connectivity index (χ3n) is 7.55. The number of carbonyl (C=O) groups excluding carboxylic acids is 1. The van der Waals surface area contributed by atoms with Crippen molar-refractivity contribution in [2.24, 2.45) is 16.1 Å². The summed E-state index contributed by atoms with van der Waals surface area (Å²) in [6, 6.07) is 25.0. The van der Waals surface area contributed by atoms with Gasteiger partial charge in [0, 0.05) is 12.5 Å². The van der Waals surface area contributed by atoms with Gasteiger partial charge in [-0.15, -0.1) is 0 Å². The maximum absolute atomic E-state index is 11.4. The molecule has 1 spiro atoms. The minimum Gasteiger partial charge on any atom is -0.369 e. The number of nitrogens with zero attached hydrogens (tertiary/aromatic N) is 3. The second-order valence-electron chi connectivity index (χ2n) is 9.40. The average molecular weight is 435 g/mol. The number of fused-ring (bicyclic) bond motifs is 2. The van der Waals surface area contributed by atoms with E-state index in [1.54, 1.807) is 7.05 Å². The van der Waals surface area contributed by atoms with Crippen molar-refractivity contribution in [3.8, 4) is 17.2 Å². The van der Waals surface area contributed by atoms with E-state index in [0.29, 0.717) is 12.0 Å². The van der Waals surface area contributed by atoms with Crippen LogP contribution in [0.2, 0.25) is 0 Å². The van der Waals surface area contributed by atoms with Crippen LogP contribution in [0.5, 0.6) is 0 Å². The lowest BCUT2D eigenvalue weighted by atomic mass is 9.69. The molecule has 0 saturated carbocycles. The van der Waals surface area contributed by atoms with Crippen LogP contribution in [0.1, 0.15) is 34.7 Å². The first-order chi connectivity index (χ1) is 15.9. The summed E-state index contributed by atoms with van der Waals surface area (Å²) in [6.07, 6.45) is 3.41. The van der Waals surface area contributed by atoms with Crippen molar-refractivity contribution < 1.29 is 4.79 Å². The van der Waals surface area contributed by atoms with Crippen molar-refractivity contribution in [1.29, 1.82) is 5.26 Å². The molecule has 1 unspecified atom stereocenters. The van der Waals surface area contributed by atoms with Gasteiger partial charge in [0.1, 0.15) is 0 Å². The van der Waals surface area contributed by atoms with E-state index in [-0.39, 0.29) is 11.4 Å². The standard InChI is InChI=1S/C28H26N4O/c1-27(31-26(30)32(2)18-33)25-13-21(20-9-5-6-19(12-20)17-29)10-11-24(25)16-28(27)14-22-7-3-4-8-23(22)15-28/h3-13,18H,14-16H2,1-2H3,(H2,30,31). The van der Waals surface area contributed by atoms with Gasteiger partial charge in [-0.3, -0.25) is 9.69 Å². The fourth-order valence-corrected chi connectivity index (χ4v) is 5.66. The fourth-order valence-electron chi connectivity index (χ4n) is 5.66. The minimum absolute atomic E-state index is 0.152. The van der Waals surface area contributed by atoms with Crippen LogP contribution in [0, 0.1) is 16.7 Å². The molecule has 5 heteroatoms. The highest BCUT2D eigenvalue weighted by atomic mass is 16.1. The predicted molar refractivity (Wildman–Crippen MR) is 129 cm³/mol. The molecule has 0 aromatic heterocycles. The van der Waals surface area contributed by atoms with Gasteiger partial charge in [0.05, 0.1) is 17.2 Å². The van der Waals surface area contributed by atoms with Crippen LogP contribution in [0.25, 0.3) is 11.1 Å². The first-order valence-electron chi connectivity index (χ1n) is 11.1. The zero-order valence-corrected chi connectivity index (χ0v) is 18.9. The molecule has 0 heterocycles. The second-order valence-corrected chi connectivity index (χ2v) is 9.40. The molecule has 3 aromatic carbocycles. The molecule has 1 atom stereocenters. The highest BCUT2D eigenvalue weighted by Crippen LogP contribution is 2.59. The molecule has 3 aromatic rings. The zero-order chi connectivity index (χ0) is 23.2. The summed E-state index contributed by atoms with van der Waals surface area (Å²) in [6.45, 7) is 2.16. The molecule has 164 valence electrons. The number of guanidine groups is 1. The van der Waals surface area contributed by atoms with Crippen molar-refractivity contribution in [2.45, 2.75) is 31.7 Å². The van der Waals surface area contributed by atoms with Crippen LogP contribution in [0.4, 0.5) is 0 Å². The van der Waals surface area contributed by atoms with Gasteiger partial charge in [-0.1, -0.05) is 48.5 Å². The molecule has 2 N–H and O–H groups in total. The van der Waals surface area contributed by atoms with Gasteiger partial charge in [0.2, 0.25) is 6.41 Å². The summed E-state index contributed by atoms with van der Waals surface area (Å²) in [5.41, 5.74) is 13.3. The Hall–Kier alpha value is -3.91. The predicted octanol–water partition coefficient (Wildman–Crippen LogP) is 4.18. The molecular formula is C28H26N4O. The van der Waals surface area contributed by atoms with Gasteiger partial charge in [-0.05, 0) is 77.8 Å². The third kappa shape index (κ3) is 3.22.